The van der Waals surface area contributed by atoms with Crippen LogP contribution in [0.25, 0.3) is 0 Å². The maximum atomic E-state index is 11.9. The van der Waals surface area contributed by atoms with E-state index in [4.69, 9.17) is 5.26 Å². The Kier molecular flexibility index (Phi) is 5.53. The van der Waals surface area contributed by atoms with E-state index in [-0.39, 0.29) is 12.1 Å². The van der Waals surface area contributed by atoms with E-state index in [1.807, 2.05) is 11.8 Å². The monoisotopic (exact) mass is 274 g/mol. The van der Waals surface area contributed by atoms with Gasteiger partial charge in [-0.1, -0.05) is 6.92 Å². The van der Waals surface area contributed by atoms with E-state index >= 15 is 0 Å². The molecular formula is C11H22N4O2S. The van der Waals surface area contributed by atoms with Crippen molar-refractivity contribution in [3.05, 3.63) is 0 Å². The lowest BCUT2D eigenvalue weighted by atomic mass is 10.2. The van der Waals surface area contributed by atoms with Crippen molar-refractivity contribution in [2.75, 3.05) is 26.2 Å². The highest BCUT2D eigenvalue weighted by Crippen LogP contribution is 2.11. The van der Waals surface area contributed by atoms with Gasteiger partial charge in [-0.2, -0.15) is 22.7 Å². The average Bonchev–Trinajstić information content (AvgIpc) is 2.29. The Hall–Kier alpha value is -0.680. The van der Waals surface area contributed by atoms with Crippen molar-refractivity contribution in [1.82, 2.24) is 13.9 Å². The number of rotatable bonds is 5. The normalized spacial score (nSPS) is 20.8. The van der Waals surface area contributed by atoms with E-state index in [1.165, 1.54) is 4.31 Å². The predicted octanol–water partition coefficient (Wildman–Crippen LogP) is 0.149. The van der Waals surface area contributed by atoms with Crippen LogP contribution in [0.4, 0.5) is 0 Å². The zero-order valence-electron chi connectivity index (χ0n) is 11.3. The first-order valence-electron chi connectivity index (χ1n) is 6.31. The van der Waals surface area contributed by atoms with Gasteiger partial charge >= 0.3 is 0 Å². The molecule has 1 aliphatic heterocycles. The SMILES string of the molecule is CCC(C#N)N1CCN(S(=O)(=O)NC(C)C)CC1. The molecule has 0 bridgehead atoms. The van der Waals surface area contributed by atoms with Gasteiger partial charge in [-0.05, 0) is 20.3 Å². The van der Waals surface area contributed by atoms with Crippen LogP contribution >= 0.6 is 0 Å². The van der Waals surface area contributed by atoms with Crippen LogP contribution in [-0.2, 0) is 10.2 Å². The molecule has 1 unspecified atom stereocenters. The largest absolute Gasteiger partial charge is 0.285 e. The third-order valence-electron chi connectivity index (χ3n) is 2.97. The maximum Gasteiger partial charge on any atom is 0.279 e. The van der Waals surface area contributed by atoms with Crippen molar-refractivity contribution in [3.8, 4) is 6.07 Å². The molecule has 0 aromatic rings. The summed E-state index contributed by atoms with van der Waals surface area (Å²) >= 11 is 0. The van der Waals surface area contributed by atoms with E-state index in [1.54, 1.807) is 13.8 Å². The molecule has 1 fully saturated rings. The van der Waals surface area contributed by atoms with Gasteiger partial charge in [-0.3, -0.25) is 4.90 Å². The molecule has 1 aliphatic rings. The molecule has 0 aromatic carbocycles. The quantitative estimate of drug-likeness (QED) is 0.774. The first-order valence-corrected chi connectivity index (χ1v) is 7.75. The first-order chi connectivity index (χ1) is 8.40. The third kappa shape index (κ3) is 3.92. The maximum absolute atomic E-state index is 11.9. The second kappa shape index (κ2) is 6.48. The van der Waals surface area contributed by atoms with Gasteiger partial charge < -0.3 is 0 Å². The standard InChI is InChI=1S/C11H22N4O2S/c1-4-11(9-12)14-5-7-15(8-6-14)18(16,17)13-10(2)3/h10-11,13H,4-8H2,1-3H3. The Morgan fingerprint density at radius 2 is 1.83 bits per heavy atom. The van der Waals surface area contributed by atoms with E-state index in [0.717, 1.165) is 6.42 Å². The van der Waals surface area contributed by atoms with Crippen LogP contribution in [0.15, 0.2) is 0 Å². The van der Waals surface area contributed by atoms with Gasteiger partial charge in [-0.25, -0.2) is 0 Å². The van der Waals surface area contributed by atoms with Crippen LogP contribution in [0, 0.1) is 11.3 Å². The summed E-state index contributed by atoms with van der Waals surface area (Å²) in [4.78, 5) is 2.04. The molecule has 0 amide bonds. The second-order valence-electron chi connectivity index (χ2n) is 4.77. The molecule has 1 atom stereocenters. The van der Waals surface area contributed by atoms with Crippen molar-refractivity contribution in [1.29, 1.82) is 5.26 Å². The summed E-state index contributed by atoms with van der Waals surface area (Å²) in [5.74, 6) is 0. The molecule has 0 aliphatic carbocycles. The average molecular weight is 274 g/mol. The molecule has 0 saturated carbocycles. The smallest absolute Gasteiger partial charge is 0.279 e. The highest BCUT2D eigenvalue weighted by atomic mass is 32.2. The molecule has 104 valence electrons. The fraction of sp³-hybridized carbons (Fsp3) is 0.909. The van der Waals surface area contributed by atoms with E-state index < -0.39 is 10.2 Å². The van der Waals surface area contributed by atoms with Crippen LogP contribution in [0.2, 0.25) is 0 Å². The Morgan fingerprint density at radius 3 is 2.22 bits per heavy atom. The molecule has 6 nitrogen and oxygen atoms in total. The minimum absolute atomic E-state index is 0.101. The first kappa shape index (κ1) is 15.4. The fourth-order valence-electron chi connectivity index (χ4n) is 2.06. The number of piperazine rings is 1. The zero-order valence-corrected chi connectivity index (χ0v) is 12.1. The van der Waals surface area contributed by atoms with Gasteiger partial charge in [0.25, 0.3) is 10.2 Å². The van der Waals surface area contributed by atoms with Gasteiger partial charge in [0, 0.05) is 32.2 Å². The van der Waals surface area contributed by atoms with Crippen LogP contribution in [-0.4, -0.2) is 55.9 Å². The van der Waals surface area contributed by atoms with E-state index in [0.29, 0.717) is 26.2 Å². The van der Waals surface area contributed by atoms with Gasteiger partial charge in [0.05, 0.1) is 12.1 Å². The molecule has 7 heteroatoms. The second-order valence-corrected chi connectivity index (χ2v) is 6.47. The van der Waals surface area contributed by atoms with Crippen molar-refractivity contribution in [2.45, 2.75) is 39.3 Å². The number of nitrogens with one attached hydrogen (secondary N) is 1. The highest BCUT2D eigenvalue weighted by Gasteiger charge is 2.29. The van der Waals surface area contributed by atoms with Crippen LogP contribution in [0.1, 0.15) is 27.2 Å². The third-order valence-corrected chi connectivity index (χ3v) is 4.79. The van der Waals surface area contributed by atoms with E-state index in [9.17, 15) is 8.42 Å². The number of hydrogen-bond donors (Lipinski definition) is 1. The van der Waals surface area contributed by atoms with Gasteiger partial charge in [0.2, 0.25) is 0 Å². The number of hydrogen-bond acceptors (Lipinski definition) is 4. The van der Waals surface area contributed by atoms with E-state index in [2.05, 4.69) is 10.8 Å². The van der Waals surface area contributed by atoms with Gasteiger partial charge in [-0.15, -0.1) is 0 Å². The molecule has 1 saturated heterocycles. The molecule has 18 heavy (non-hydrogen) atoms. The summed E-state index contributed by atoms with van der Waals surface area (Å²) in [6.45, 7) is 7.70. The molecule has 1 heterocycles. The fourth-order valence-corrected chi connectivity index (χ4v) is 3.45. The zero-order chi connectivity index (χ0) is 13.8. The lowest BCUT2D eigenvalue weighted by Crippen LogP contribution is -2.54. The Balaban J connectivity index is 2.57. The molecule has 0 radical (unpaired) electrons. The van der Waals surface area contributed by atoms with Crippen LogP contribution in [0.3, 0.4) is 0 Å². The lowest BCUT2D eigenvalue weighted by Gasteiger charge is -2.36. The van der Waals surface area contributed by atoms with Crippen molar-refractivity contribution >= 4 is 10.2 Å². The molecule has 0 spiro atoms. The molecule has 1 rings (SSSR count). The minimum Gasteiger partial charge on any atom is -0.285 e. The Bertz CT molecular complexity index is 394. The summed E-state index contributed by atoms with van der Waals surface area (Å²) in [6.07, 6.45) is 0.771. The molecule has 0 aromatic heterocycles. The summed E-state index contributed by atoms with van der Waals surface area (Å²) < 4.78 is 27.9. The number of nitrogens with zero attached hydrogens (tertiary/aromatic N) is 3. The highest BCUT2D eigenvalue weighted by molar-refractivity contribution is 7.87. The van der Waals surface area contributed by atoms with Crippen LogP contribution < -0.4 is 4.72 Å². The summed E-state index contributed by atoms with van der Waals surface area (Å²) in [7, 11) is -3.37. The van der Waals surface area contributed by atoms with Crippen molar-refractivity contribution in [3.63, 3.8) is 0 Å². The Labute approximate surface area is 110 Å². The Morgan fingerprint density at radius 1 is 1.28 bits per heavy atom. The summed E-state index contributed by atoms with van der Waals surface area (Å²) in [5, 5.41) is 8.99. The van der Waals surface area contributed by atoms with Gasteiger partial charge in [0.15, 0.2) is 0 Å². The summed E-state index contributed by atoms with van der Waals surface area (Å²) in [6, 6.07) is 2.04. The van der Waals surface area contributed by atoms with Crippen molar-refractivity contribution < 1.29 is 8.42 Å². The van der Waals surface area contributed by atoms with Gasteiger partial charge in [0.1, 0.15) is 0 Å². The lowest BCUT2D eigenvalue weighted by molar-refractivity contribution is 0.158. The minimum atomic E-state index is -3.37. The van der Waals surface area contributed by atoms with Crippen molar-refractivity contribution in [2.24, 2.45) is 0 Å². The van der Waals surface area contributed by atoms with Crippen LogP contribution in [0.5, 0.6) is 0 Å². The number of nitriles is 1. The topological polar surface area (TPSA) is 76.4 Å². The summed E-state index contributed by atoms with van der Waals surface area (Å²) in [5.41, 5.74) is 0. The molecule has 1 N–H and O–H groups in total. The predicted molar refractivity (Wildman–Crippen MR) is 70.0 cm³/mol. The molecular weight excluding hydrogens is 252 g/mol.